The number of thioether (sulfide) groups is 1. The van der Waals surface area contributed by atoms with Crippen molar-refractivity contribution in [3.63, 3.8) is 0 Å². The third-order valence-electron chi connectivity index (χ3n) is 8.47. The molecule has 5 aliphatic heterocycles. The average molecular weight is 695 g/mol. The van der Waals surface area contributed by atoms with E-state index in [0.717, 1.165) is 11.8 Å². The smallest absolute Gasteiger partial charge is 0.187 e. The molecule has 12 N–H and O–H groups in total. The maximum Gasteiger partial charge on any atom is 0.187 e. The van der Waals surface area contributed by atoms with E-state index in [1.54, 1.807) is 0 Å². The molecule has 5 aliphatic rings. The Morgan fingerprint density at radius 3 is 1.80 bits per heavy atom. The van der Waals surface area contributed by atoms with Gasteiger partial charge in [-0.2, -0.15) is 0 Å². The van der Waals surface area contributed by atoms with Gasteiger partial charge in [0.15, 0.2) is 25.2 Å². The summed E-state index contributed by atoms with van der Waals surface area (Å²) in [5.74, 6) is 0. The van der Waals surface area contributed by atoms with Gasteiger partial charge in [0.1, 0.15) is 84.8 Å². The van der Waals surface area contributed by atoms with Crippen LogP contribution < -0.4 is 0 Å². The van der Waals surface area contributed by atoms with E-state index in [1.165, 1.54) is 0 Å². The second kappa shape index (κ2) is 15.6. The highest BCUT2D eigenvalue weighted by atomic mass is 32.2. The molecule has 20 atom stereocenters. The molecule has 0 amide bonds. The lowest BCUT2D eigenvalue weighted by molar-refractivity contribution is -0.351. The Morgan fingerprint density at radius 2 is 1.13 bits per heavy atom. The largest absolute Gasteiger partial charge is 0.394 e. The summed E-state index contributed by atoms with van der Waals surface area (Å²) >= 11 is 0.856. The first-order valence-electron chi connectivity index (χ1n) is 14.7. The SMILES string of the molecule is OC[C@@H]1O[C@H](O[C@@H]2[C@@H](O[C@@H]3CO[C@@H](O[C@H]4COC(O)[C@@H](O)[C@@H]4O)[C@H](O)[C@H]3O)OC[C@H](S[C@@H]3OC[C@@H](O)[C@H](O)[C@H]3O)[C@H]2O)[C@H](O)[C@H]1O. The zero-order valence-corrected chi connectivity index (χ0v) is 24.9. The molecule has 268 valence electrons. The van der Waals surface area contributed by atoms with Gasteiger partial charge in [0, 0.05) is 0 Å². The maximum atomic E-state index is 11.4. The van der Waals surface area contributed by atoms with Gasteiger partial charge in [0.05, 0.1) is 44.4 Å². The minimum atomic E-state index is -1.78. The summed E-state index contributed by atoms with van der Waals surface area (Å²) in [6.07, 6.45) is -27.6. The number of hydrogen-bond donors (Lipinski definition) is 12. The number of hydrogen-bond acceptors (Lipinski definition) is 21. The second-order valence-corrected chi connectivity index (χ2v) is 13.0. The predicted molar refractivity (Wildman–Crippen MR) is 143 cm³/mol. The topological polar surface area (TPSA) is 317 Å². The summed E-state index contributed by atoms with van der Waals surface area (Å²) in [6.45, 7) is -2.04. The fourth-order valence-corrected chi connectivity index (χ4v) is 6.89. The number of rotatable bonds is 9. The van der Waals surface area contributed by atoms with Crippen molar-refractivity contribution in [1.82, 2.24) is 0 Å². The molecule has 46 heavy (non-hydrogen) atoms. The number of ether oxygens (including phenoxy) is 8. The van der Waals surface area contributed by atoms with E-state index in [1.807, 2.05) is 0 Å². The van der Waals surface area contributed by atoms with Gasteiger partial charge in [0.2, 0.25) is 0 Å². The van der Waals surface area contributed by atoms with Crippen LogP contribution in [0.25, 0.3) is 0 Å². The van der Waals surface area contributed by atoms with Gasteiger partial charge in [-0.25, -0.2) is 0 Å². The van der Waals surface area contributed by atoms with Crippen LogP contribution in [-0.4, -0.2) is 216 Å². The monoisotopic (exact) mass is 694 g/mol. The molecular formula is C25H42O20S. The van der Waals surface area contributed by atoms with Crippen LogP contribution in [0.15, 0.2) is 0 Å². The van der Waals surface area contributed by atoms with Crippen molar-refractivity contribution < 1.29 is 99.2 Å². The molecule has 5 saturated heterocycles. The Bertz CT molecular complexity index is 971. The van der Waals surface area contributed by atoms with Crippen molar-refractivity contribution in [2.24, 2.45) is 0 Å². The normalized spacial score (nSPS) is 53.7. The van der Waals surface area contributed by atoms with Crippen LogP contribution in [-0.2, 0) is 37.9 Å². The standard InChI is InChI=1S/C25H42O20S/c26-1-7-12(29)18(35)23(42-7)45-20-15(32)10(46-25-19(36)11(28)6(27)2-41-25)5-40-24(20)44-9-4-39-22(17(34)14(9)31)43-8-3-38-21(37)16(33)13(8)30/h6-37H,1-5H2/t6-,7+,8+,9-,10+,11+,12+,13-,14+,15-,16+,17-,18-,19-,20+,21?,22+,23-,24-,25+/m1/s1. The lowest BCUT2D eigenvalue weighted by Gasteiger charge is -2.45. The molecule has 0 bridgehead atoms. The summed E-state index contributed by atoms with van der Waals surface area (Å²) in [7, 11) is 0. The Kier molecular flexibility index (Phi) is 12.5. The minimum absolute atomic E-state index is 0.275. The van der Waals surface area contributed by atoms with Crippen molar-refractivity contribution in [3.8, 4) is 0 Å². The molecule has 0 aliphatic carbocycles. The molecule has 0 aromatic rings. The number of aliphatic hydroxyl groups is 12. The van der Waals surface area contributed by atoms with E-state index in [4.69, 9.17) is 37.9 Å². The quantitative estimate of drug-likeness (QED) is 0.107. The van der Waals surface area contributed by atoms with E-state index in [9.17, 15) is 61.3 Å². The van der Waals surface area contributed by atoms with Crippen LogP contribution in [0, 0.1) is 0 Å². The molecule has 20 nitrogen and oxygen atoms in total. The molecular weight excluding hydrogens is 652 g/mol. The molecule has 1 unspecified atom stereocenters. The van der Waals surface area contributed by atoms with Crippen molar-refractivity contribution in [3.05, 3.63) is 0 Å². The molecule has 0 radical (unpaired) electrons. The van der Waals surface area contributed by atoms with Crippen LogP contribution in [0.4, 0.5) is 0 Å². The molecule has 0 aromatic carbocycles. The van der Waals surface area contributed by atoms with Gasteiger partial charge in [-0.3, -0.25) is 0 Å². The van der Waals surface area contributed by atoms with Crippen LogP contribution in [0.2, 0.25) is 0 Å². The fraction of sp³-hybridized carbons (Fsp3) is 1.00. The third-order valence-corrected chi connectivity index (χ3v) is 9.92. The average Bonchev–Trinajstić information content (AvgIpc) is 3.31. The lowest BCUT2D eigenvalue weighted by atomic mass is 10.0. The van der Waals surface area contributed by atoms with E-state index in [2.05, 4.69) is 0 Å². The summed E-state index contributed by atoms with van der Waals surface area (Å²) in [5.41, 5.74) is -1.10. The fourth-order valence-electron chi connectivity index (χ4n) is 5.59. The van der Waals surface area contributed by atoms with Gasteiger partial charge >= 0.3 is 0 Å². The summed E-state index contributed by atoms with van der Waals surface area (Å²) < 4.78 is 44.1. The van der Waals surface area contributed by atoms with Gasteiger partial charge in [-0.1, -0.05) is 0 Å². The Morgan fingerprint density at radius 1 is 0.522 bits per heavy atom. The molecule has 0 aromatic heterocycles. The van der Waals surface area contributed by atoms with Crippen molar-refractivity contribution in [2.75, 3.05) is 33.0 Å². The Hall–Kier alpha value is -0.450. The lowest BCUT2D eigenvalue weighted by Crippen LogP contribution is -2.62. The zero-order valence-electron chi connectivity index (χ0n) is 24.1. The van der Waals surface area contributed by atoms with Gasteiger partial charge in [-0.05, 0) is 0 Å². The van der Waals surface area contributed by atoms with Crippen molar-refractivity contribution in [1.29, 1.82) is 0 Å². The van der Waals surface area contributed by atoms with Crippen LogP contribution in [0.3, 0.4) is 0 Å². The summed E-state index contributed by atoms with van der Waals surface area (Å²) in [5, 5.41) is 122. The van der Waals surface area contributed by atoms with Gasteiger partial charge in [-0.15, -0.1) is 11.8 Å². The molecule has 0 spiro atoms. The summed E-state index contributed by atoms with van der Waals surface area (Å²) in [6, 6.07) is 0. The van der Waals surface area contributed by atoms with Crippen LogP contribution >= 0.6 is 11.8 Å². The molecule has 5 fully saturated rings. The minimum Gasteiger partial charge on any atom is -0.394 e. The molecule has 0 saturated carbocycles. The molecule has 5 heterocycles. The van der Waals surface area contributed by atoms with Crippen LogP contribution in [0.5, 0.6) is 0 Å². The van der Waals surface area contributed by atoms with E-state index < -0.39 is 135 Å². The van der Waals surface area contributed by atoms with Crippen molar-refractivity contribution >= 4 is 11.8 Å². The second-order valence-electron chi connectivity index (χ2n) is 11.7. The summed E-state index contributed by atoms with van der Waals surface area (Å²) in [4.78, 5) is 0. The van der Waals surface area contributed by atoms with Gasteiger partial charge in [0.25, 0.3) is 0 Å². The van der Waals surface area contributed by atoms with E-state index in [-0.39, 0.29) is 19.8 Å². The first-order chi connectivity index (χ1) is 21.8. The van der Waals surface area contributed by atoms with Crippen molar-refractivity contribution in [2.45, 2.75) is 121 Å². The highest BCUT2D eigenvalue weighted by Crippen LogP contribution is 2.37. The Labute approximate surface area is 265 Å². The highest BCUT2D eigenvalue weighted by molar-refractivity contribution is 8.00. The maximum absolute atomic E-state index is 11.4. The zero-order chi connectivity index (χ0) is 33.4. The van der Waals surface area contributed by atoms with E-state index >= 15 is 0 Å². The van der Waals surface area contributed by atoms with E-state index in [0.29, 0.717) is 0 Å². The van der Waals surface area contributed by atoms with Crippen LogP contribution in [0.1, 0.15) is 0 Å². The third kappa shape index (κ3) is 7.65. The molecule has 21 heteroatoms. The number of aliphatic hydroxyl groups excluding tert-OH is 12. The predicted octanol–water partition coefficient (Wildman–Crippen LogP) is -8.01. The Balaban J connectivity index is 1.25. The molecule has 5 rings (SSSR count). The first kappa shape index (κ1) is 36.8. The highest BCUT2D eigenvalue weighted by Gasteiger charge is 2.52. The van der Waals surface area contributed by atoms with Gasteiger partial charge < -0.3 is 99.2 Å². The first-order valence-corrected chi connectivity index (χ1v) is 15.6.